The second-order valence-electron chi connectivity index (χ2n) is 6.22. The van der Waals surface area contributed by atoms with E-state index in [1.807, 2.05) is 48.0 Å². The number of unbranched alkanes of at least 4 members (excludes halogenated alkanes) is 2. The number of pyridine rings is 1. The van der Waals surface area contributed by atoms with E-state index in [0.717, 1.165) is 49.0 Å². The van der Waals surface area contributed by atoms with Crippen LogP contribution in [-0.4, -0.2) is 25.1 Å². The van der Waals surface area contributed by atoms with Crippen LogP contribution in [0.3, 0.4) is 0 Å². The summed E-state index contributed by atoms with van der Waals surface area (Å²) in [6.45, 7) is 2.05. The van der Waals surface area contributed by atoms with E-state index >= 15 is 0 Å². The summed E-state index contributed by atoms with van der Waals surface area (Å²) in [6, 6.07) is 10.1. The standard InChI is InChI=1S/C19H22N4OS/c1-14-7-9-17(10-8-14)23-12-11-15(18(24)19(23)25)5-3-2-4-6-16-13-20-22-21-16/h7-13,24H,2-6H2,1H3,(H,20,21,22). The molecular formula is C19H22N4OS. The van der Waals surface area contributed by atoms with Gasteiger partial charge in [0.1, 0.15) is 0 Å². The molecule has 2 N–H and O–H groups in total. The van der Waals surface area contributed by atoms with E-state index in [0.29, 0.717) is 4.64 Å². The van der Waals surface area contributed by atoms with Gasteiger partial charge in [0.15, 0.2) is 10.4 Å². The first-order valence-electron chi connectivity index (χ1n) is 8.50. The summed E-state index contributed by atoms with van der Waals surface area (Å²) in [7, 11) is 0. The predicted octanol–water partition coefficient (Wildman–Crippen LogP) is 4.29. The van der Waals surface area contributed by atoms with E-state index in [1.54, 1.807) is 6.20 Å². The highest BCUT2D eigenvalue weighted by Crippen LogP contribution is 2.23. The molecule has 3 rings (SSSR count). The third-order valence-corrected chi connectivity index (χ3v) is 4.70. The molecule has 0 unspecified atom stereocenters. The van der Waals surface area contributed by atoms with Gasteiger partial charge in [0.05, 0.1) is 11.9 Å². The van der Waals surface area contributed by atoms with Crippen molar-refractivity contribution in [1.82, 2.24) is 20.0 Å². The largest absolute Gasteiger partial charge is 0.505 e. The lowest BCUT2D eigenvalue weighted by molar-refractivity contribution is 0.458. The first-order valence-corrected chi connectivity index (χ1v) is 8.91. The fourth-order valence-corrected chi connectivity index (χ4v) is 3.11. The average Bonchev–Trinajstić information content (AvgIpc) is 3.13. The maximum absolute atomic E-state index is 10.5. The van der Waals surface area contributed by atoms with Crippen LogP contribution in [-0.2, 0) is 12.8 Å². The van der Waals surface area contributed by atoms with Gasteiger partial charge in [-0.05, 0) is 56.4 Å². The zero-order chi connectivity index (χ0) is 17.6. The third-order valence-electron chi connectivity index (χ3n) is 4.31. The van der Waals surface area contributed by atoms with Crippen molar-refractivity contribution in [3.63, 3.8) is 0 Å². The number of hydrogen-bond donors (Lipinski definition) is 2. The normalized spacial score (nSPS) is 10.9. The highest BCUT2D eigenvalue weighted by atomic mass is 32.1. The quantitative estimate of drug-likeness (QED) is 0.490. The van der Waals surface area contributed by atoms with Crippen molar-refractivity contribution in [3.05, 3.63) is 64.2 Å². The van der Waals surface area contributed by atoms with Crippen LogP contribution >= 0.6 is 12.2 Å². The second-order valence-corrected chi connectivity index (χ2v) is 6.61. The summed E-state index contributed by atoms with van der Waals surface area (Å²) in [6.07, 6.45) is 8.60. The van der Waals surface area contributed by atoms with Gasteiger partial charge in [-0.3, -0.25) is 0 Å². The summed E-state index contributed by atoms with van der Waals surface area (Å²) in [5.74, 6) is 0.217. The van der Waals surface area contributed by atoms with Crippen molar-refractivity contribution < 1.29 is 5.11 Å². The number of nitrogens with zero attached hydrogens (tertiary/aromatic N) is 3. The van der Waals surface area contributed by atoms with E-state index in [9.17, 15) is 5.11 Å². The molecule has 2 heterocycles. The maximum atomic E-state index is 10.5. The van der Waals surface area contributed by atoms with Gasteiger partial charge in [-0.1, -0.05) is 36.3 Å². The zero-order valence-corrected chi connectivity index (χ0v) is 15.1. The van der Waals surface area contributed by atoms with Crippen molar-refractivity contribution in [2.45, 2.75) is 39.0 Å². The van der Waals surface area contributed by atoms with Crippen LogP contribution in [0.2, 0.25) is 0 Å². The molecule has 0 aliphatic carbocycles. The van der Waals surface area contributed by atoms with Gasteiger partial charge in [-0.25, -0.2) is 0 Å². The molecule has 0 radical (unpaired) electrons. The number of aromatic amines is 1. The molecular weight excluding hydrogens is 332 g/mol. The average molecular weight is 354 g/mol. The minimum absolute atomic E-state index is 0.217. The fourth-order valence-electron chi connectivity index (χ4n) is 2.82. The number of hydrogen-bond acceptors (Lipinski definition) is 4. The fraction of sp³-hybridized carbons (Fsp3) is 0.316. The van der Waals surface area contributed by atoms with Crippen molar-refractivity contribution in [1.29, 1.82) is 0 Å². The van der Waals surface area contributed by atoms with Gasteiger partial charge in [0.25, 0.3) is 0 Å². The number of benzene rings is 1. The molecule has 130 valence electrons. The Bertz CT molecular complexity index is 869. The van der Waals surface area contributed by atoms with Crippen LogP contribution < -0.4 is 0 Å². The van der Waals surface area contributed by atoms with E-state index in [2.05, 4.69) is 15.4 Å². The number of H-pyrrole nitrogens is 1. The van der Waals surface area contributed by atoms with Crippen molar-refractivity contribution in [2.75, 3.05) is 0 Å². The Morgan fingerprint density at radius 1 is 1.08 bits per heavy atom. The van der Waals surface area contributed by atoms with E-state index < -0.39 is 0 Å². The number of rotatable bonds is 7. The molecule has 2 aromatic heterocycles. The Kier molecular flexibility index (Phi) is 5.60. The summed E-state index contributed by atoms with van der Waals surface area (Å²) < 4.78 is 2.31. The number of nitrogens with one attached hydrogen (secondary N) is 1. The molecule has 0 aliphatic heterocycles. The Morgan fingerprint density at radius 3 is 2.56 bits per heavy atom. The lowest BCUT2D eigenvalue weighted by Gasteiger charge is -2.11. The molecule has 25 heavy (non-hydrogen) atoms. The summed E-state index contributed by atoms with van der Waals surface area (Å²) in [5, 5.41) is 20.9. The van der Waals surface area contributed by atoms with Crippen LogP contribution in [0.15, 0.2) is 42.7 Å². The first kappa shape index (κ1) is 17.4. The molecule has 0 amide bonds. The summed E-state index contributed by atoms with van der Waals surface area (Å²) in [5.41, 5.74) is 4.07. The van der Waals surface area contributed by atoms with Crippen molar-refractivity contribution in [3.8, 4) is 11.4 Å². The minimum Gasteiger partial charge on any atom is -0.505 e. The Morgan fingerprint density at radius 2 is 1.84 bits per heavy atom. The van der Waals surface area contributed by atoms with Gasteiger partial charge in [0, 0.05) is 11.9 Å². The van der Waals surface area contributed by atoms with E-state index in [-0.39, 0.29) is 5.75 Å². The summed E-state index contributed by atoms with van der Waals surface area (Å²) >= 11 is 5.45. The molecule has 0 atom stereocenters. The molecule has 0 saturated carbocycles. The second kappa shape index (κ2) is 8.07. The van der Waals surface area contributed by atoms with Crippen LogP contribution in [0, 0.1) is 11.6 Å². The lowest BCUT2D eigenvalue weighted by Crippen LogP contribution is -1.99. The van der Waals surface area contributed by atoms with Crippen molar-refractivity contribution in [2.24, 2.45) is 0 Å². The van der Waals surface area contributed by atoms with Gasteiger partial charge >= 0.3 is 0 Å². The number of aromatic hydroxyl groups is 1. The van der Waals surface area contributed by atoms with Gasteiger partial charge in [-0.15, -0.1) is 0 Å². The number of aromatic nitrogens is 4. The SMILES string of the molecule is Cc1ccc(-n2ccc(CCCCCc3cn[nH]n3)c(O)c2=S)cc1. The smallest absolute Gasteiger partial charge is 0.154 e. The molecule has 0 bridgehead atoms. The maximum Gasteiger partial charge on any atom is 0.154 e. The van der Waals surface area contributed by atoms with E-state index in [4.69, 9.17) is 12.2 Å². The van der Waals surface area contributed by atoms with Gasteiger partial charge in [-0.2, -0.15) is 15.4 Å². The highest BCUT2D eigenvalue weighted by Gasteiger charge is 2.07. The first-order chi connectivity index (χ1) is 12.1. The van der Waals surface area contributed by atoms with Gasteiger partial charge < -0.3 is 9.67 Å². The van der Waals surface area contributed by atoms with Crippen LogP contribution in [0.4, 0.5) is 0 Å². The molecule has 0 fully saturated rings. The van der Waals surface area contributed by atoms with Crippen LogP contribution in [0.1, 0.15) is 36.1 Å². The molecule has 1 aromatic carbocycles. The molecule has 0 aliphatic rings. The Balaban J connectivity index is 1.60. The predicted molar refractivity (Wildman–Crippen MR) is 101 cm³/mol. The monoisotopic (exact) mass is 354 g/mol. The van der Waals surface area contributed by atoms with E-state index in [1.165, 1.54) is 5.56 Å². The summed E-state index contributed by atoms with van der Waals surface area (Å²) in [4.78, 5) is 0. The molecule has 0 saturated heterocycles. The molecule has 3 aromatic rings. The molecule has 5 nitrogen and oxygen atoms in total. The third kappa shape index (κ3) is 4.33. The van der Waals surface area contributed by atoms with Gasteiger partial charge in [0.2, 0.25) is 0 Å². The van der Waals surface area contributed by atoms with Crippen LogP contribution in [0.5, 0.6) is 5.75 Å². The highest BCUT2D eigenvalue weighted by molar-refractivity contribution is 7.71. The Labute approximate surface area is 152 Å². The number of aryl methyl sites for hydroxylation is 3. The Hall–Kier alpha value is -2.47. The van der Waals surface area contributed by atoms with Crippen molar-refractivity contribution >= 4 is 12.2 Å². The molecule has 0 spiro atoms. The lowest BCUT2D eigenvalue weighted by atomic mass is 10.1. The zero-order valence-electron chi connectivity index (χ0n) is 14.3. The van der Waals surface area contributed by atoms with Crippen LogP contribution in [0.25, 0.3) is 5.69 Å². The molecule has 6 heteroatoms. The minimum atomic E-state index is 0.217. The topological polar surface area (TPSA) is 66.7 Å².